The van der Waals surface area contributed by atoms with Gasteiger partial charge in [0.2, 0.25) is 0 Å². The Balaban J connectivity index is 2.33. The van der Waals surface area contributed by atoms with E-state index in [1.807, 2.05) is 6.92 Å². The van der Waals surface area contributed by atoms with E-state index in [4.69, 9.17) is 21.8 Å². The number of rotatable bonds is 2. The van der Waals surface area contributed by atoms with E-state index >= 15 is 0 Å². The van der Waals surface area contributed by atoms with Crippen molar-refractivity contribution in [1.29, 1.82) is 0 Å². The van der Waals surface area contributed by atoms with Gasteiger partial charge >= 0.3 is 0 Å². The first-order chi connectivity index (χ1) is 6.66. The van der Waals surface area contributed by atoms with Crippen molar-refractivity contribution in [3.8, 4) is 10.8 Å². The Morgan fingerprint density at radius 3 is 2.79 bits per heavy atom. The smallest absolute Gasteiger partial charge is 0.194 e. The zero-order valence-corrected chi connectivity index (χ0v) is 8.97. The standard InChI is InChI=1S/C8H8ClN3OS/c1-4(10)7-11-12-8(14-7)5-2-3-6(9)13-5/h2-4H,10H2,1H3. The Morgan fingerprint density at radius 2 is 2.29 bits per heavy atom. The fourth-order valence-electron chi connectivity index (χ4n) is 0.947. The molecule has 0 aromatic carbocycles. The average molecular weight is 230 g/mol. The summed E-state index contributed by atoms with van der Waals surface area (Å²) in [7, 11) is 0. The van der Waals surface area contributed by atoms with Crippen LogP contribution in [0.25, 0.3) is 10.8 Å². The van der Waals surface area contributed by atoms with E-state index in [2.05, 4.69) is 10.2 Å². The van der Waals surface area contributed by atoms with Gasteiger partial charge in [0, 0.05) is 0 Å². The highest BCUT2D eigenvalue weighted by Crippen LogP contribution is 2.28. The van der Waals surface area contributed by atoms with Crippen molar-refractivity contribution in [2.45, 2.75) is 13.0 Å². The topological polar surface area (TPSA) is 64.9 Å². The SMILES string of the molecule is CC(N)c1nnc(-c2ccc(Cl)o2)s1. The molecular weight excluding hydrogens is 222 g/mol. The second-order valence-corrected chi connectivity index (χ2v) is 4.22. The quantitative estimate of drug-likeness (QED) is 0.859. The Bertz CT molecular complexity index is 437. The first-order valence-electron chi connectivity index (χ1n) is 4.01. The zero-order chi connectivity index (χ0) is 10.1. The molecule has 0 saturated carbocycles. The summed E-state index contributed by atoms with van der Waals surface area (Å²) in [6, 6.07) is 3.32. The Morgan fingerprint density at radius 1 is 1.50 bits per heavy atom. The fourth-order valence-corrected chi connectivity index (χ4v) is 1.85. The highest BCUT2D eigenvalue weighted by atomic mass is 35.5. The third-order valence-electron chi connectivity index (χ3n) is 1.61. The van der Waals surface area contributed by atoms with Crippen LogP contribution in [0.4, 0.5) is 0 Å². The molecule has 1 atom stereocenters. The van der Waals surface area contributed by atoms with Crippen LogP contribution in [0.2, 0.25) is 5.22 Å². The molecule has 2 aromatic rings. The van der Waals surface area contributed by atoms with Gasteiger partial charge in [-0.05, 0) is 30.7 Å². The lowest BCUT2D eigenvalue weighted by Crippen LogP contribution is -2.03. The van der Waals surface area contributed by atoms with Crippen LogP contribution in [0, 0.1) is 0 Å². The predicted octanol–water partition coefficient (Wildman–Crippen LogP) is 2.47. The summed E-state index contributed by atoms with van der Waals surface area (Å²) < 4.78 is 5.20. The van der Waals surface area contributed by atoms with Gasteiger partial charge in [-0.25, -0.2) is 0 Å². The maximum atomic E-state index is 5.66. The summed E-state index contributed by atoms with van der Waals surface area (Å²) in [5, 5.41) is 9.73. The van der Waals surface area contributed by atoms with E-state index in [9.17, 15) is 0 Å². The van der Waals surface area contributed by atoms with Crippen LogP contribution in [-0.2, 0) is 0 Å². The number of aromatic nitrogens is 2. The monoisotopic (exact) mass is 229 g/mol. The summed E-state index contributed by atoms with van der Waals surface area (Å²) in [4.78, 5) is 0. The minimum atomic E-state index is -0.105. The molecule has 0 aliphatic heterocycles. The third-order valence-corrected chi connectivity index (χ3v) is 2.96. The van der Waals surface area contributed by atoms with E-state index < -0.39 is 0 Å². The van der Waals surface area contributed by atoms with Gasteiger partial charge in [-0.15, -0.1) is 10.2 Å². The third kappa shape index (κ3) is 1.79. The van der Waals surface area contributed by atoms with Crippen LogP contribution in [0.3, 0.4) is 0 Å². The van der Waals surface area contributed by atoms with Crippen molar-refractivity contribution in [2.75, 3.05) is 0 Å². The predicted molar refractivity (Wildman–Crippen MR) is 55.2 cm³/mol. The van der Waals surface area contributed by atoms with Crippen molar-refractivity contribution in [3.05, 3.63) is 22.4 Å². The van der Waals surface area contributed by atoms with Crippen molar-refractivity contribution in [1.82, 2.24) is 10.2 Å². The van der Waals surface area contributed by atoms with Crippen molar-refractivity contribution >= 4 is 22.9 Å². The summed E-state index contributed by atoms with van der Waals surface area (Å²) in [5.41, 5.74) is 5.66. The van der Waals surface area contributed by atoms with E-state index in [0.717, 1.165) is 5.01 Å². The van der Waals surface area contributed by atoms with Gasteiger partial charge in [0.15, 0.2) is 16.0 Å². The molecule has 0 amide bonds. The molecule has 2 heterocycles. The molecule has 0 saturated heterocycles. The van der Waals surface area contributed by atoms with Gasteiger partial charge < -0.3 is 10.2 Å². The van der Waals surface area contributed by atoms with Crippen LogP contribution in [0.15, 0.2) is 16.5 Å². The number of furan rings is 1. The highest BCUT2D eigenvalue weighted by Gasteiger charge is 2.12. The van der Waals surface area contributed by atoms with Gasteiger partial charge in [0.05, 0.1) is 6.04 Å². The second kappa shape index (κ2) is 3.68. The van der Waals surface area contributed by atoms with Gasteiger partial charge in [-0.2, -0.15) is 0 Å². The molecule has 6 heteroatoms. The van der Waals surface area contributed by atoms with E-state index in [1.165, 1.54) is 11.3 Å². The lowest BCUT2D eigenvalue weighted by molar-refractivity contribution is 0.583. The van der Waals surface area contributed by atoms with Crippen LogP contribution >= 0.6 is 22.9 Å². The first-order valence-corrected chi connectivity index (χ1v) is 5.21. The normalized spacial score (nSPS) is 13.1. The molecule has 14 heavy (non-hydrogen) atoms. The molecule has 2 rings (SSSR count). The summed E-state index contributed by atoms with van der Waals surface area (Å²) in [5.74, 6) is 0.624. The molecule has 2 aromatic heterocycles. The van der Waals surface area contributed by atoms with Crippen LogP contribution in [-0.4, -0.2) is 10.2 Å². The van der Waals surface area contributed by atoms with E-state index in [0.29, 0.717) is 16.0 Å². The van der Waals surface area contributed by atoms with Crippen LogP contribution in [0.5, 0.6) is 0 Å². The van der Waals surface area contributed by atoms with Gasteiger partial charge in [-0.3, -0.25) is 0 Å². The second-order valence-electron chi connectivity index (χ2n) is 2.84. The van der Waals surface area contributed by atoms with Crippen molar-refractivity contribution in [2.24, 2.45) is 5.73 Å². The molecule has 0 radical (unpaired) electrons. The summed E-state index contributed by atoms with van der Waals surface area (Å²) in [6.45, 7) is 1.86. The van der Waals surface area contributed by atoms with Crippen molar-refractivity contribution < 1.29 is 4.42 Å². The molecular formula is C8H8ClN3OS. The number of hydrogen-bond donors (Lipinski definition) is 1. The number of hydrogen-bond acceptors (Lipinski definition) is 5. The van der Waals surface area contributed by atoms with Gasteiger partial charge in [0.25, 0.3) is 0 Å². The van der Waals surface area contributed by atoms with Crippen LogP contribution < -0.4 is 5.73 Å². The molecule has 0 fully saturated rings. The average Bonchev–Trinajstić information content (AvgIpc) is 2.70. The minimum Gasteiger partial charge on any atom is -0.442 e. The van der Waals surface area contributed by atoms with Crippen molar-refractivity contribution in [3.63, 3.8) is 0 Å². The minimum absolute atomic E-state index is 0.105. The number of halogens is 1. The van der Waals surface area contributed by atoms with Gasteiger partial charge in [-0.1, -0.05) is 11.3 Å². The largest absolute Gasteiger partial charge is 0.442 e. The van der Waals surface area contributed by atoms with Gasteiger partial charge in [0.1, 0.15) is 5.01 Å². The molecule has 0 aliphatic carbocycles. The first kappa shape index (κ1) is 9.64. The molecule has 4 nitrogen and oxygen atoms in total. The Labute approximate surface area is 89.7 Å². The number of nitrogens with zero attached hydrogens (tertiary/aromatic N) is 2. The zero-order valence-electron chi connectivity index (χ0n) is 7.40. The number of nitrogens with two attached hydrogens (primary N) is 1. The fraction of sp³-hybridized carbons (Fsp3) is 0.250. The summed E-state index contributed by atoms with van der Waals surface area (Å²) in [6.07, 6.45) is 0. The Hall–Kier alpha value is -0.910. The lowest BCUT2D eigenvalue weighted by atomic mass is 10.4. The lowest BCUT2D eigenvalue weighted by Gasteiger charge is -1.93. The molecule has 0 spiro atoms. The summed E-state index contributed by atoms with van der Waals surface area (Å²) >= 11 is 7.05. The van der Waals surface area contributed by atoms with E-state index in [1.54, 1.807) is 12.1 Å². The van der Waals surface area contributed by atoms with E-state index in [-0.39, 0.29) is 6.04 Å². The Kier molecular flexibility index (Phi) is 2.54. The molecule has 0 bridgehead atoms. The maximum absolute atomic E-state index is 5.66. The molecule has 2 N–H and O–H groups in total. The molecule has 74 valence electrons. The molecule has 1 unspecified atom stereocenters. The van der Waals surface area contributed by atoms with Crippen LogP contribution in [0.1, 0.15) is 18.0 Å². The highest BCUT2D eigenvalue weighted by molar-refractivity contribution is 7.14. The molecule has 0 aliphatic rings. The maximum Gasteiger partial charge on any atom is 0.194 e.